The highest BCUT2D eigenvalue weighted by Gasteiger charge is 2.19. The van der Waals surface area contributed by atoms with E-state index in [2.05, 4.69) is 5.32 Å². The zero-order valence-corrected chi connectivity index (χ0v) is 9.40. The summed E-state index contributed by atoms with van der Waals surface area (Å²) in [5.41, 5.74) is 0.521. The molecule has 0 atom stereocenters. The van der Waals surface area contributed by atoms with Crippen molar-refractivity contribution in [1.82, 2.24) is 5.32 Å². The SMILES string of the molecule is CNCc1c(C(=O)O)sc2cccc(F)c12. The molecule has 2 rings (SSSR count). The van der Waals surface area contributed by atoms with Gasteiger partial charge in [0.2, 0.25) is 0 Å². The molecular formula is C11H10FNO2S. The van der Waals surface area contributed by atoms with E-state index in [1.165, 1.54) is 6.07 Å². The van der Waals surface area contributed by atoms with Gasteiger partial charge < -0.3 is 10.4 Å². The molecule has 0 aliphatic carbocycles. The standard InChI is InChI=1S/C11H10FNO2S/c1-13-5-6-9-7(12)3-2-4-8(9)16-10(6)11(14)15/h2-4,13H,5H2,1H3,(H,14,15). The molecule has 0 unspecified atom stereocenters. The van der Waals surface area contributed by atoms with E-state index >= 15 is 0 Å². The summed E-state index contributed by atoms with van der Waals surface area (Å²) in [6.07, 6.45) is 0. The number of nitrogens with one attached hydrogen (secondary N) is 1. The average molecular weight is 239 g/mol. The van der Waals surface area contributed by atoms with Gasteiger partial charge in [0.25, 0.3) is 0 Å². The molecule has 0 fully saturated rings. The molecule has 5 heteroatoms. The zero-order valence-electron chi connectivity index (χ0n) is 8.58. The molecule has 0 amide bonds. The molecule has 0 saturated carbocycles. The largest absolute Gasteiger partial charge is 0.477 e. The highest BCUT2D eigenvalue weighted by Crippen LogP contribution is 2.33. The Bertz CT molecular complexity index is 550. The van der Waals surface area contributed by atoms with Crippen LogP contribution in [0.2, 0.25) is 0 Å². The quantitative estimate of drug-likeness (QED) is 0.865. The summed E-state index contributed by atoms with van der Waals surface area (Å²) >= 11 is 1.11. The number of carbonyl (C=O) groups is 1. The van der Waals surface area contributed by atoms with E-state index < -0.39 is 5.97 Å². The van der Waals surface area contributed by atoms with Crippen LogP contribution in [-0.2, 0) is 6.54 Å². The van der Waals surface area contributed by atoms with Crippen LogP contribution in [0.4, 0.5) is 4.39 Å². The van der Waals surface area contributed by atoms with Crippen molar-refractivity contribution in [3.63, 3.8) is 0 Å². The first-order valence-electron chi connectivity index (χ1n) is 4.73. The Kier molecular flexibility index (Phi) is 2.89. The molecule has 84 valence electrons. The Morgan fingerprint density at radius 1 is 1.56 bits per heavy atom. The summed E-state index contributed by atoms with van der Waals surface area (Å²) in [6.45, 7) is 0.350. The third kappa shape index (κ3) is 1.68. The smallest absolute Gasteiger partial charge is 0.346 e. The van der Waals surface area contributed by atoms with Gasteiger partial charge in [-0.25, -0.2) is 9.18 Å². The summed E-state index contributed by atoms with van der Waals surface area (Å²) in [5, 5.41) is 12.3. The number of hydrogen-bond acceptors (Lipinski definition) is 3. The second kappa shape index (κ2) is 4.19. The van der Waals surface area contributed by atoms with E-state index in [1.54, 1.807) is 19.2 Å². The van der Waals surface area contributed by atoms with Crippen molar-refractivity contribution in [2.45, 2.75) is 6.54 Å². The molecule has 0 aliphatic rings. The first kappa shape index (κ1) is 11.0. The number of carboxylic acids is 1. The second-order valence-electron chi connectivity index (χ2n) is 3.36. The number of benzene rings is 1. The fourth-order valence-corrected chi connectivity index (χ4v) is 2.76. The number of fused-ring (bicyclic) bond motifs is 1. The van der Waals surface area contributed by atoms with Crippen LogP contribution < -0.4 is 5.32 Å². The number of carboxylic acid groups (broad SMARTS) is 1. The van der Waals surface area contributed by atoms with E-state index in [-0.39, 0.29) is 10.7 Å². The van der Waals surface area contributed by atoms with Crippen LogP contribution in [-0.4, -0.2) is 18.1 Å². The van der Waals surface area contributed by atoms with E-state index in [1.807, 2.05) is 0 Å². The Hall–Kier alpha value is -1.46. The molecule has 1 aromatic heterocycles. The topological polar surface area (TPSA) is 49.3 Å². The number of aromatic carboxylic acids is 1. The molecule has 1 heterocycles. The van der Waals surface area contributed by atoms with Gasteiger partial charge >= 0.3 is 5.97 Å². The Labute approximate surface area is 95.5 Å². The van der Waals surface area contributed by atoms with Crippen molar-refractivity contribution in [3.8, 4) is 0 Å². The van der Waals surface area contributed by atoms with Gasteiger partial charge in [-0.05, 0) is 19.2 Å². The maximum atomic E-state index is 13.6. The van der Waals surface area contributed by atoms with Crippen LogP contribution in [0.25, 0.3) is 10.1 Å². The van der Waals surface area contributed by atoms with Crippen molar-refractivity contribution in [1.29, 1.82) is 0 Å². The van der Waals surface area contributed by atoms with Crippen molar-refractivity contribution in [2.24, 2.45) is 0 Å². The summed E-state index contributed by atoms with van der Waals surface area (Å²) in [6, 6.07) is 4.66. The van der Waals surface area contributed by atoms with Gasteiger partial charge in [-0.1, -0.05) is 6.07 Å². The van der Waals surface area contributed by atoms with Gasteiger partial charge in [0.15, 0.2) is 0 Å². The summed E-state index contributed by atoms with van der Waals surface area (Å²) in [5.74, 6) is -1.38. The van der Waals surface area contributed by atoms with Gasteiger partial charge in [-0.3, -0.25) is 0 Å². The lowest BCUT2D eigenvalue weighted by Gasteiger charge is -2.00. The third-order valence-electron chi connectivity index (χ3n) is 2.31. The normalized spacial score (nSPS) is 10.9. The van der Waals surface area contributed by atoms with Crippen molar-refractivity contribution >= 4 is 27.4 Å². The Morgan fingerprint density at radius 3 is 2.94 bits per heavy atom. The van der Waals surface area contributed by atoms with Crippen LogP contribution in [0.3, 0.4) is 0 Å². The van der Waals surface area contributed by atoms with Crippen LogP contribution in [0, 0.1) is 5.82 Å². The summed E-state index contributed by atoms with van der Waals surface area (Å²) in [7, 11) is 1.70. The lowest BCUT2D eigenvalue weighted by atomic mass is 10.1. The van der Waals surface area contributed by atoms with Crippen molar-refractivity contribution in [3.05, 3.63) is 34.5 Å². The molecule has 0 saturated heterocycles. The lowest BCUT2D eigenvalue weighted by Crippen LogP contribution is -2.08. The monoisotopic (exact) mass is 239 g/mol. The third-order valence-corrected chi connectivity index (χ3v) is 3.50. The van der Waals surface area contributed by atoms with Crippen LogP contribution >= 0.6 is 11.3 Å². The number of hydrogen-bond donors (Lipinski definition) is 2. The van der Waals surface area contributed by atoms with Crippen LogP contribution in [0.5, 0.6) is 0 Å². The van der Waals surface area contributed by atoms with E-state index in [0.29, 0.717) is 22.2 Å². The first-order chi connectivity index (χ1) is 7.65. The van der Waals surface area contributed by atoms with Crippen molar-refractivity contribution < 1.29 is 14.3 Å². The number of thiophene rings is 1. The molecule has 1 aromatic carbocycles. The molecule has 0 radical (unpaired) electrons. The highest BCUT2D eigenvalue weighted by molar-refractivity contribution is 7.21. The van der Waals surface area contributed by atoms with Gasteiger partial charge in [0.1, 0.15) is 10.7 Å². The molecule has 2 aromatic rings. The minimum absolute atomic E-state index is 0.203. The molecule has 0 spiro atoms. The molecule has 0 bridgehead atoms. The fraction of sp³-hybridized carbons (Fsp3) is 0.182. The van der Waals surface area contributed by atoms with E-state index in [4.69, 9.17) is 5.11 Å². The highest BCUT2D eigenvalue weighted by atomic mass is 32.1. The number of rotatable bonds is 3. The molecule has 3 nitrogen and oxygen atoms in total. The Morgan fingerprint density at radius 2 is 2.31 bits per heavy atom. The molecule has 0 aliphatic heterocycles. The van der Waals surface area contributed by atoms with E-state index in [9.17, 15) is 9.18 Å². The predicted molar refractivity (Wildman–Crippen MR) is 61.5 cm³/mol. The van der Waals surface area contributed by atoms with Gasteiger partial charge in [-0.15, -0.1) is 11.3 Å². The second-order valence-corrected chi connectivity index (χ2v) is 4.41. The van der Waals surface area contributed by atoms with Crippen LogP contribution in [0.15, 0.2) is 18.2 Å². The average Bonchev–Trinajstić information content (AvgIpc) is 2.59. The maximum Gasteiger partial charge on any atom is 0.346 e. The van der Waals surface area contributed by atoms with Crippen molar-refractivity contribution in [2.75, 3.05) is 7.05 Å². The maximum absolute atomic E-state index is 13.6. The predicted octanol–water partition coefficient (Wildman–Crippen LogP) is 2.46. The summed E-state index contributed by atoms with van der Waals surface area (Å²) in [4.78, 5) is 11.2. The first-order valence-corrected chi connectivity index (χ1v) is 5.54. The number of halogens is 1. The molecular weight excluding hydrogens is 229 g/mol. The molecule has 16 heavy (non-hydrogen) atoms. The minimum atomic E-state index is -1.01. The Balaban J connectivity index is 2.77. The van der Waals surface area contributed by atoms with Crippen LogP contribution in [0.1, 0.15) is 15.2 Å². The lowest BCUT2D eigenvalue weighted by molar-refractivity contribution is 0.0701. The zero-order chi connectivity index (χ0) is 11.7. The summed E-state index contributed by atoms with van der Waals surface area (Å²) < 4.78 is 14.3. The molecule has 2 N–H and O–H groups in total. The van der Waals surface area contributed by atoms with E-state index in [0.717, 1.165) is 11.3 Å². The fourth-order valence-electron chi connectivity index (χ4n) is 1.69. The minimum Gasteiger partial charge on any atom is -0.477 e. The van der Waals surface area contributed by atoms with Gasteiger partial charge in [-0.2, -0.15) is 0 Å². The van der Waals surface area contributed by atoms with Gasteiger partial charge in [0, 0.05) is 22.2 Å². The van der Waals surface area contributed by atoms with Gasteiger partial charge in [0.05, 0.1) is 0 Å².